The maximum absolute atomic E-state index is 13.6. The average molecular weight is 448 g/mol. The van der Waals surface area contributed by atoms with Crippen molar-refractivity contribution < 1.29 is 37.8 Å². The minimum Gasteiger partial charge on any atom is -0.466 e. The van der Waals surface area contributed by atoms with E-state index in [0.29, 0.717) is 22.5 Å². The van der Waals surface area contributed by atoms with Crippen LogP contribution in [0.4, 0.5) is 4.39 Å². The Labute approximate surface area is 184 Å². The summed E-state index contributed by atoms with van der Waals surface area (Å²) < 4.78 is 28.2. The lowest BCUT2D eigenvalue weighted by Crippen LogP contribution is -2.39. The second kappa shape index (κ2) is 10.6. The molecule has 2 rings (SSSR count). The molecule has 0 saturated carbocycles. The second-order valence-corrected chi connectivity index (χ2v) is 7.09. The van der Waals surface area contributed by atoms with Crippen LogP contribution in [0.15, 0.2) is 40.7 Å². The molecule has 1 aliphatic heterocycles. The number of methoxy groups -OCH3 is 2. The first-order valence-electron chi connectivity index (χ1n) is 9.64. The van der Waals surface area contributed by atoms with Gasteiger partial charge in [-0.15, -0.1) is 0 Å². The van der Waals surface area contributed by atoms with Gasteiger partial charge in [0.25, 0.3) is 5.91 Å². The number of allylic oxidation sites excluding steroid dienone is 2. The molecule has 9 nitrogen and oxygen atoms in total. The number of ether oxygens (including phenoxy) is 3. The highest BCUT2D eigenvalue weighted by Crippen LogP contribution is 2.32. The number of dihydropyridines is 1. The van der Waals surface area contributed by atoms with E-state index in [-0.39, 0.29) is 17.7 Å². The maximum Gasteiger partial charge on any atom is 0.336 e. The molecule has 1 amide bonds. The van der Waals surface area contributed by atoms with E-state index in [1.165, 1.54) is 19.9 Å². The molecule has 172 valence electrons. The Bertz CT molecular complexity index is 976. The van der Waals surface area contributed by atoms with E-state index in [4.69, 9.17) is 14.2 Å². The minimum absolute atomic E-state index is 0.0276. The molecule has 2 N–H and O–H groups in total. The number of halogens is 1. The highest BCUT2D eigenvalue weighted by Gasteiger charge is 2.42. The normalized spacial score (nSPS) is 13.9. The van der Waals surface area contributed by atoms with Gasteiger partial charge in [0.05, 0.1) is 25.4 Å². The number of hydrogen-bond acceptors (Lipinski definition) is 8. The number of rotatable bonds is 7. The van der Waals surface area contributed by atoms with E-state index in [1.54, 1.807) is 19.1 Å². The molecule has 0 spiro atoms. The SMILES string of the molecule is COC(=O)C1=C(C)NC(C)=C(C(=O)OC)C1C(=O)OCC(=O)NCc1ccc(C)c(F)c1. The zero-order valence-corrected chi connectivity index (χ0v) is 18.5. The quantitative estimate of drug-likeness (QED) is 0.475. The first-order chi connectivity index (χ1) is 15.1. The van der Waals surface area contributed by atoms with Crippen LogP contribution in [0, 0.1) is 18.7 Å². The van der Waals surface area contributed by atoms with Crippen LogP contribution in [0.5, 0.6) is 0 Å². The molecular formula is C22H25FN2O7. The van der Waals surface area contributed by atoms with Crippen molar-refractivity contribution in [3.8, 4) is 0 Å². The van der Waals surface area contributed by atoms with Gasteiger partial charge < -0.3 is 24.8 Å². The Morgan fingerprint density at radius 3 is 2.06 bits per heavy atom. The second-order valence-electron chi connectivity index (χ2n) is 7.09. The molecular weight excluding hydrogens is 423 g/mol. The fraction of sp³-hybridized carbons (Fsp3) is 0.364. The van der Waals surface area contributed by atoms with Crippen LogP contribution in [-0.4, -0.2) is 44.6 Å². The average Bonchev–Trinajstić information content (AvgIpc) is 2.76. The molecule has 0 unspecified atom stereocenters. The van der Waals surface area contributed by atoms with Crippen LogP contribution in [-0.2, 0) is 39.9 Å². The van der Waals surface area contributed by atoms with Crippen LogP contribution in [0.25, 0.3) is 0 Å². The van der Waals surface area contributed by atoms with E-state index < -0.39 is 42.2 Å². The summed E-state index contributed by atoms with van der Waals surface area (Å²) in [5.74, 6) is -5.15. The van der Waals surface area contributed by atoms with E-state index in [1.807, 2.05) is 0 Å². The van der Waals surface area contributed by atoms with Crippen molar-refractivity contribution in [3.63, 3.8) is 0 Å². The molecule has 0 bridgehead atoms. The van der Waals surface area contributed by atoms with Crippen molar-refractivity contribution in [1.29, 1.82) is 0 Å². The summed E-state index contributed by atoms with van der Waals surface area (Å²) in [7, 11) is 2.27. The van der Waals surface area contributed by atoms with Gasteiger partial charge in [-0.25, -0.2) is 14.0 Å². The van der Waals surface area contributed by atoms with Crippen LogP contribution in [0.2, 0.25) is 0 Å². The summed E-state index contributed by atoms with van der Waals surface area (Å²) in [6, 6.07) is 4.54. The molecule has 0 radical (unpaired) electrons. The summed E-state index contributed by atoms with van der Waals surface area (Å²) in [6.45, 7) is 4.06. The summed E-state index contributed by atoms with van der Waals surface area (Å²) in [5.41, 5.74) is 1.36. The van der Waals surface area contributed by atoms with Crippen molar-refractivity contribution in [2.24, 2.45) is 5.92 Å². The number of benzene rings is 1. The smallest absolute Gasteiger partial charge is 0.336 e. The lowest BCUT2D eigenvalue weighted by atomic mass is 9.85. The molecule has 1 aliphatic rings. The van der Waals surface area contributed by atoms with E-state index in [9.17, 15) is 23.6 Å². The van der Waals surface area contributed by atoms with Gasteiger partial charge in [0.1, 0.15) is 11.7 Å². The number of carbonyl (C=O) groups excluding carboxylic acids is 4. The van der Waals surface area contributed by atoms with E-state index >= 15 is 0 Å². The third-order valence-electron chi connectivity index (χ3n) is 4.88. The standard InChI is InChI=1S/C22H25FN2O7/c1-11-6-7-14(8-15(11)23)9-24-16(26)10-32-22(29)19-17(20(27)30-4)12(2)25-13(3)18(19)21(28)31-5/h6-8,19,25H,9-10H2,1-5H3,(H,24,26). The summed E-state index contributed by atoms with van der Waals surface area (Å²) in [6.07, 6.45) is 0. The minimum atomic E-state index is -1.44. The third-order valence-corrected chi connectivity index (χ3v) is 4.88. The number of nitrogens with one attached hydrogen (secondary N) is 2. The molecule has 1 heterocycles. The van der Waals surface area contributed by atoms with Gasteiger partial charge in [0, 0.05) is 17.9 Å². The zero-order chi connectivity index (χ0) is 24.0. The van der Waals surface area contributed by atoms with Gasteiger partial charge >= 0.3 is 17.9 Å². The maximum atomic E-state index is 13.6. The predicted octanol–water partition coefficient (Wildman–Crippen LogP) is 1.41. The summed E-state index contributed by atoms with van der Waals surface area (Å²) >= 11 is 0. The van der Waals surface area contributed by atoms with E-state index in [2.05, 4.69) is 10.6 Å². The van der Waals surface area contributed by atoms with Gasteiger partial charge in [-0.05, 0) is 38.0 Å². The predicted molar refractivity (Wildman–Crippen MR) is 110 cm³/mol. The first kappa shape index (κ1) is 24.6. The largest absolute Gasteiger partial charge is 0.466 e. The molecule has 0 saturated heterocycles. The Morgan fingerprint density at radius 2 is 1.56 bits per heavy atom. The highest BCUT2D eigenvalue weighted by molar-refractivity contribution is 6.05. The van der Waals surface area contributed by atoms with Gasteiger partial charge in [-0.1, -0.05) is 12.1 Å². The fourth-order valence-corrected chi connectivity index (χ4v) is 3.21. The fourth-order valence-electron chi connectivity index (χ4n) is 3.21. The lowest BCUT2D eigenvalue weighted by molar-refractivity contribution is -0.153. The lowest BCUT2D eigenvalue weighted by Gasteiger charge is -2.28. The molecule has 32 heavy (non-hydrogen) atoms. The Kier molecular flexibility index (Phi) is 8.11. The highest BCUT2D eigenvalue weighted by atomic mass is 19.1. The molecule has 0 aliphatic carbocycles. The van der Waals surface area contributed by atoms with Crippen LogP contribution in [0.1, 0.15) is 25.0 Å². The summed E-state index contributed by atoms with van der Waals surface area (Å²) in [4.78, 5) is 49.6. The molecule has 1 aromatic rings. The van der Waals surface area contributed by atoms with Crippen molar-refractivity contribution in [2.75, 3.05) is 20.8 Å². The topological polar surface area (TPSA) is 120 Å². The van der Waals surface area contributed by atoms with Crippen LogP contribution in [0.3, 0.4) is 0 Å². The van der Waals surface area contributed by atoms with Crippen molar-refractivity contribution in [1.82, 2.24) is 10.6 Å². The van der Waals surface area contributed by atoms with Crippen LogP contribution < -0.4 is 10.6 Å². The Morgan fingerprint density at radius 1 is 1.00 bits per heavy atom. The van der Waals surface area contributed by atoms with Crippen molar-refractivity contribution >= 4 is 23.8 Å². The molecule has 0 aromatic heterocycles. The van der Waals surface area contributed by atoms with Gasteiger partial charge in [-0.3, -0.25) is 9.59 Å². The van der Waals surface area contributed by atoms with Gasteiger partial charge in [0.2, 0.25) is 0 Å². The van der Waals surface area contributed by atoms with Crippen molar-refractivity contribution in [2.45, 2.75) is 27.3 Å². The summed E-state index contributed by atoms with van der Waals surface area (Å²) in [5, 5.41) is 5.36. The monoisotopic (exact) mass is 448 g/mol. The Balaban J connectivity index is 2.13. The van der Waals surface area contributed by atoms with Crippen LogP contribution >= 0.6 is 0 Å². The van der Waals surface area contributed by atoms with Gasteiger partial charge in [-0.2, -0.15) is 0 Å². The molecule has 0 fully saturated rings. The Hall–Kier alpha value is -3.69. The number of carbonyl (C=O) groups is 4. The third kappa shape index (κ3) is 5.51. The van der Waals surface area contributed by atoms with E-state index in [0.717, 1.165) is 14.2 Å². The van der Waals surface area contributed by atoms with Gasteiger partial charge in [0.15, 0.2) is 6.61 Å². The number of esters is 3. The van der Waals surface area contributed by atoms with Crippen molar-refractivity contribution in [3.05, 3.63) is 57.7 Å². The molecule has 10 heteroatoms. The number of aryl methyl sites for hydroxylation is 1. The molecule has 1 aromatic carbocycles. The number of amides is 1. The zero-order valence-electron chi connectivity index (χ0n) is 18.5. The first-order valence-corrected chi connectivity index (χ1v) is 9.64. The molecule has 0 atom stereocenters. The number of hydrogen-bond donors (Lipinski definition) is 2.